The van der Waals surface area contributed by atoms with E-state index in [1.807, 2.05) is 0 Å². The van der Waals surface area contributed by atoms with Crippen molar-refractivity contribution in [1.29, 1.82) is 0 Å². The molecule has 12 N–H and O–H groups in total. The van der Waals surface area contributed by atoms with Gasteiger partial charge in [-0.3, -0.25) is 25.3 Å². The normalized spacial score (nSPS) is 7.57. The number of hydrogen-bond acceptors (Lipinski definition) is 12. The van der Waals surface area contributed by atoms with Crippen molar-refractivity contribution in [2.75, 3.05) is 0 Å². The predicted molar refractivity (Wildman–Crippen MR) is 64.6 cm³/mol. The molecule has 0 aromatic carbocycles. The Morgan fingerprint density at radius 3 is 0.348 bits per heavy atom. The smallest absolute Gasteiger partial charge is 0.759 e. The minimum absolute atomic E-state index is 0. The van der Waals surface area contributed by atoms with Crippen molar-refractivity contribution in [3.8, 4) is 0 Å². The fraction of sp³-hybridized carbons (Fsp3) is 0. The quantitative estimate of drug-likeness (QED) is 0.188. The molecule has 23 heteroatoms. The summed E-state index contributed by atoms with van der Waals surface area (Å²) in [7, 11) is -15.5. The second-order valence-corrected chi connectivity index (χ2v) is 3.67. The van der Waals surface area contributed by atoms with Gasteiger partial charge >= 0.3 is 34.7 Å². The largest absolute Gasteiger partial charge is 3.00 e. The van der Waals surface area contributed by atoms with Gasteiger partial charge in [-0.05, 0) is 0 Å². The first-order valence-corrected chi connectivity index (χ1v) is 6.00. The Bertz CT molecular complexity index is 343. The van der Waals surface area contributed by atoms with Crippen LogP contribution in [0.15, 0.2) is 0 Å². The first-order valence-electron chi connectivity index (χ1n) is 2.00. The molecule has 0 saturated heterocycles. The summed E-state index contributed by atoms with van der Waals surface area (Å²) in [6, 6.07) is 0. The van der Waals surface area contributed by atoms with Crippen LogP contribution in [0.25, 0.3) is 0 Å². The van der Waals surface area contributed by atoms with Crippen LogP contribution in [0.5, 0.6) is 0 Å². The molecule has 0 fully saturated rings. The molecule has 0 heterocycles. The maximum atomic E-state index is 8.52. The molecule has 0 amide bonds. The Kier molecular flexibility index (Phi) is 101. The minimum Gasteiger partial charge on any atom is -0.759 e. The van der Waals surface area contributed by atoms with E-state index in [1.165, 1.54) is 0 Å². The topological polar surface area (TPSA) is 430 Å². The van der Waals surface area contributed by atoms with Crippen LogP contribution in [0.1, 0.15) is 0 Å². The second-order valence-electron chi connectivity index (χ2n) is 1.22. The Labute approximate surface area is 151 Å². The standard InChI is InChI=1S/2Al.3H2O4S.6H2O/c;;3*1-5(2,3)4;;;;;;/h;;3*(H2,1,2,3,4);6*1H2/q2*+3;;;;;;;;;/p-6. The summed E-state index contributed by atoms with van der Waals surface area (Å²) >= 11 is 0. The average molecular weight is 450 g/mol. The molecular weight excluding hydrogens is 438 g/mol. The molecule has 0 aliphatic heterocycles. The van der Waals surface area contributed by atoms with Crippen molar-refractivity contribution >= 4 is 65.9 Å². The van der Waals surface area contributed by atoms with Gasteiger partial charge in [0.05, 0.1) is 0 Å². The average Bonchev–Trinajstić information content (AvgIpc) is 1.41. The van der Waals surface area contributed by atoms with Crippen LogP contribution in [0.4, 0.5) is 0 Å². The van der Waals surface area contributed by atoms with E-state index in [1.54, 1.807) is 0 Å². The predicted octanol–water partition coefficient (Wildman–Crippen LogP) is -9.72. The second kappa shape index (κ2) is 30.3. The van der Waals surface area contributed by atoms with Gasteiger partial charge in [-0.15, -0.1) is 0 Å². The molecule has 0 aromatic rings. The molecule has 0 aliphatic rings. The van der Waals surface area contributed by atoms with Crippen molar-refractivity contribution in [3.05, 3.63) is 0 Å². The molecular formula is H12Al2O18S3. The van der Waals surface area contributed by atoms with Crippen LogP contribution in [-0.4, -0.2) is 120 Å². The van der Waals surface area contributed by atoms with Gasteiger partial charge in [-0.1, -0.05) is 0 Å². The van der Waals surface area contributed by atoms with Crippen molar-refractivity contribution in [3.63, 3.8) is 0 Å². The molecule has 0 aromatic heterocycles. The summed E-state index contributed by atoms with van der Waals surface area (Å²) < 4.78 is 102. The van der Waals surface area contributed by atoms with E-state index in [-0.39, 0.29) is 67.6 Å². The summed E-state index contributed by atoms with van der Waals surface area (Å²) in [6.45, 7) is 0. The summed E-state index contributed by atoms with van der Waals surface area (Å²) in [6.07, 6.45) is 0. The van der Waals surface area contributed by atoms with E-state index in [0.29, 0.717) is 0 Å². The van der Waals surface area contributed by atoms with E-state index in [9.17, 15) is 0 Å². The minimum atomic E-state index is -5.17. The van der Waals surface area contributed by atoms with Gasteiger partial charge < -0.3 is 60.2 Å². The number of hydrogen-bond donors (Lipinski definition) is 0. The Morgan fingerprint density at radius 2 is 0.348 bits per heavy atom. The van der Waals surface area contributed by atoms with Gasteiger partial charge in [0.1, 0.15) is 0 Å². The molecule has 0 saturated carbocycles. The van der Waals surface area contributed by atoms with E-state index in [0.717, 1.165) is 0 Å². The molecule has 23 heavy (non-hydrogen) atoms. The molecule has 0 radical (unpaired) electrons. The fourth-order valence-corrected chi connectivity index (χ4v) is 0. The van der Waals surface area contributed by atoms with Gasteiger partial charge in [0.2, 0.25) is 0 Å². The molecule has 18 nitrogen and oxygen atoms in total. The first kappa shape index (κ1) is 76.3. The van der Waals surface area contributed by atoms with Crippen molar-refractivity contribution < 1.29 is 85.4 Å². The van der Waals surface area contributed by atoms with Crippen LogP contribution >= 0.6 is 0 Å². The molecule has 0 aliphatic carbocycles. The van der Waals surface area contributed by atoms with Crippen LogP contribution in [0.2, 0.25) is 0 Å². The maximum Gasteiger partial charge on any atom is 3.00 e. The van der Waals surface area contributed by atoms with Crippen molar-refractivity contribution in [1.82, 2.24) is 0 Å². The van der Waals surface area contributed by atoms with E-state index >= 15 is 0 Å². The zero-order valence-electron chi connectivity index (χ0n) is 10.3. The molecule has 0 rings (SSSR count). The summed E-state index contributed by atoms with van der Waals surface area (Å²) in [4.78, 5) is 0. The fourth-order valence-electron chi connectivity index (χ4n) is 0. The van der Waals surface area contributed by atoms with Crippen molar-refractivity contribution in [2.24, 2.45) is 0 Å². The Balaban J connectivity index is -0.00000000889. The SMILES string of the molecule is O.O.O.O.O.O.O=S(=O)([O-])[O-].O=S(=O)([O-])[O-].O=S(=O)([O-])[O-].[Al+3].[Al+3]. The third kappa shape index (κ3) is 49500. The Hall–Kier alpha value is 0.435. The Morgan fingerprint density at radius 1 is 0.348 bits per heavy atom. The zero-order chi connectivity index (χ0) is 13.5. The summed E-state index contributed by atoms with van der Waals surface area (Å²) in [5.41, 5.74) is 0. The van der Waals surface area contributed by atoms with Gasteiger partial charge in [0.15, 0.2) is 0 Å². The van der Waals surface area contributed by atoms with Crippen molar-refractivity contribution in [2.45, 2.75) is 0 Å². The zero-order valence-corrected chi connectivity index (χ0v) is 15.0. The molecule has 0 spiro atoms. The first-order chi connectivity index (χ1) is 6.00. The molecule has 0 atom stereocenters. The molecule has 0 unspecified atom stereocenters. The molecule has 0 bridgehead atoms. The van der Waals surface area contributed by atoms with Crippen LogP contribution in [0.3, 0.4) is 0 Å². The van der Waals surface area contributed by atoms with Crippen LogP contribution in [0, 0.1) is 0 Å². The van der Waals surface area contributed by atoms with Crippen LogP contribution < -0.4 is 0 Å². The van der Waals surface area contributed by atoms with Gasteiger partial charge in [-0.2, -0.15) is 0 Å². The summed E-state index contributed by atoms with van der Waals surface area (Å²) in [5.74, 6) is 0. The van der Waals surface area contributed by atoms with E-state index in [2.05, 4.69) is 0 Å². The third-order valence-electron chi connectivity index (χ3n) is 0. The monoisotopic (exact) mass is 450 g/mol. The number of rotatable bonds is 0. The van der Waals surface area contributed by atoms with Gasteiger partial charge in [0.25, 0.3) is 0 Å². The van der Waals surface area contributed by atoms with E-state index in [4.69, 9.17) is 52.6 Å². The van der Waals surface area contributed by atoms with Gasteiger partial charge in [0, 0.05) is 31.2 Å². The van der Waals surface area contributed by atoms with Crippen LogP contribution in [-0.2, 0) is 31.2 Å². The third-order valence-corrected chi connectivity index (χ3v) is 0. The maximum absolute atomic E-state index is 8.52. The van der Waals surface area contributed by atoms with Gasteiger partial charge in [-0.25, -0.2) is 0 Å². The van der Waals surface area contributed by atoms with E-state index < -0.39 is 31.2 Å². The molecule has 144 valence electrons. The summed E-state index contributed by atoms with van der Waals surface area (Å²) in [5, 5.41) is 0.